The van der Waals surface area contributed by atoms with E-state index in [0.717, 1.165) is 4.90 Å². The number of carbonyl (C=O) groups excluding carboxylic acids is 3. The van der Waals surface area contributed by atoms with E-state index in [1.54, 1.807) is 36.4 Å². The van der Waals surface area contributed by atoms with E-state index < -0.39 is 29.6 Å². The summed E-state index contributed by atoms with van der Waals surface area (Å²) in [6.45, 7) is -0.471. The first-order valence-corrected chi connectivity index (χ1v) is 11.3. The van der Waals surface area contributed by atoms with Gasteiger partial charge in [0.15, 0.2) is 0 Å². The molecule has 1 aliphatic rings. The van der Waals surface area contributed by atoms with E-state index in [9.17, 15) is 24.3 Å². The second-order valence-electron chi connectivity index (χ2n) is 7.22. The molecule has 1 aromatic heterocycles. The molecule has 11 heteroatoms. The third kappa shape index (κ3) is 5.23. The second-order valence-corrected chi connectivity index (χ2v) is 8.62. The summed E-state index contributed by atoms with van der Waals surface area (Å²) in [7, 11) is 1.46. The first-order chi connectivity index (χ1) is 16.8. The molecule has 0 atom stereocenters. The number of anilines is 1. The number of hydrogen-bond acceptors (Lipinski definition) is 7. The van der Waals surface area contributed by atoms with Gasteiger partial charge < -0.3 is 19.6 Å². The molecular weight excluding hydrogens is 496 g/mol. The molecule has 178 valence electrons. The van der Waals surface area contributed by atoms with Crippen LogP contribution in [0.5, 0.6) is 5.75 Å². The largest absolute Gasteiger partial charge is 0.495 e. The van der Waals surface area contributed by atoms with Crippen LogP contribution in [0.15, 0.2) is 63.9 Å². The number of rotatable bonds is 7. The highest BCUT2D eigenvalue weighted by Gasteiger charge is 2.36. The van der Waals surface area contributed by atoms with Gasteiger partial charge in [0.05, 0.1) is 28.3 Å². The highest BCUT2D eigenvalue weighted by molar-refractivity contribution is 8.18. The van der Waals surface area contributed by atoms with Gasteiger partial charge in [-0.25, -0.2) is 4.79 Å². The van der Waals surface area contributed by atoms with Crippen LogP contribution in [0.25, 0.3) is 17.4 Å². The van der Waals surface area contributed by atoms with Crippen LogP contribution in [-0.2, 0) is 9.59 Å². The quantitative estimate of drug-likeness (QED) is 0.424. The van der Waals surface area contributed by atoms with Gasteiger partial charge in [0.1, 0.15) is 23.8 Å². The van der Waals surface area contributed by atoms with E-state index in [1.807, 2.05) is 0 Å². The van der Waals surface area contributed by atoms with Crippen LogP contribution in [0, 0.1) is 0 Å². The predicted molar refractivity (Wildman–Crippen MR) is 130 cm³/mol. The fraction of sp³-hybridized carbons (Fsp3) is 0.0833. The fourth-order valence-electron chi connectivity index (χ4n) is 3.27. The molecule has 0 saturated carbocycles. The van der Waals surface area contributed by atoms with Gasteiger partial charge >= 0.3 is 5.97 Å². The van der Waals surface area contributed by atoms with Crippen molar-refractivity contribution < 1.29 is 33.4 Å². The van der Waals surface area contributed by atoms with Gasteiger partial charge in [-0.05, 0) is 54.2 Å². The van der Waals surface area contributed by atoms with Crippen molar-refractivity contribution in [2.24, 2.45) is 0 Å². The molecule has 0 unspecified atom stereocenters. The summed E-state index contributed by atoms with van der Waals surface area (Å²) in [5.74, 6) is -1.33. The van der Waals surface area contributed by atoms with Crippen molar-refractivity contribution in [3.63, 3.8) is 0 Å². The minimum absolute atomic E-state index is 0.0369. The van der Waals surface area contributed by atoms with Crippen molar-refractivity contribution in [3.05, 3.63) is 75.8 Å². The van der Waals surface area contributed by atoms with Gasteiger partial charge in [0.25, 0.3) is 11.1 Å². The van der Waals surface area contributed by atoms with Crippen LogP contribution in [0.1, 0.15) is 16.1 Å². The van der Waals surface area contributed by atoms with Gasteiger partial charge in [-0.2, -0.15) is 0 Å². The molecule has 0 aliphatic carbocycles. The molecular formula is C24H17ClN2O7S. The molecule has 1 aliphatic heterocycles. The molecule has 3 amide bonds. The number of thioether (sulfide) groups is 1. The average Bonchev–Trinajstić information content (AvgIpc) is 3.39. The number of carbonyl (C=O) groups is 4. The summed E-state index contributed by atoms with van der Waals surface area (Å²) in [6.07, 6.45) is 1.38. The predicted octanol–water partition coefficient (Wildman–Crippen LogP) is 4.98. The first kappa shape index (κ1) is 24.1. The summed E-state index contributed by atoms with van der Waals surface area (Å²) in [5, 5.41) is 11.5. The smallest absolute Gasteiger partial charge is 0.335 e. The maximum atomic E-state index is 12.8. The Kier molecular flexibility index (Phi) is 6.94. The van der Waals surface area contributed by atoms with E-state index in [0.29, 0.717) is 34.5 Å². The van der Waals surface area contributed by atoms with Crippen molar-refractivity contribution in [2.45, 2.75) is 0 Å². The Morgan fingerprint density at radius 1 is 1.17 bits per heavy atom. The van der Waals surface area contributed by atoms with Gasteiger partial charge in [-0.1, -0.05) is 23.7 Å². The number of nitrogens with one attached hydrogen (secondary N) is 1. The van der Waals surface area contributed by atoms with Crippen LogP contribution < -0.4 is 10.1 Å². The molecule has 2 aromatic carbocycles. The molecule has 4 rings (SSSR count). The monoisotopic (exact) mass is 512 g/mol. The number of para-hydroxylation sites is 2. The van der Waals surface area contributed by atoms with Crippen LogP contribution in [0.3, 0.4) is 0 Å². The summed E-state index contributed by atoms with van der Waals surface area (Å²) < 4.78 is 10.9. The zero-order valence-electron chi connectivity index (χ0n) is 18.1. The van der Waals surface area contributed by atoms with Crippen LogP contribution in [0.2, 0.25) is 5.02 Å². The third-order valence-electron chi connectivity index (χ3n) is 4.94. The summed E-state index contributed by atoms with van der Waals surface area (Å²) in [5.41, 5.74) is 0.818. The maximum absolute atomic E-state index is 12.8. The number of halogens is 1. The third-order valence-corrected chi connectivity index (χ3v) is 6.17. The highest BCUT2D eigenvalue weighted by atomic mass is 35.5. The molecule has 35 heavy (non-hydrogen) atoms. The topological polar surface area (TPSA) is 126 Å². The first-order valence-electron chi connectivity index (χ1n) is 10.1. The van der Waals surface area contributed by atoms with E-state index in [-0.39, 0.29) is 21.3 Å². The van der Waals surface area contributed by atoms with Gasteiger partial charge in [-0.15, -0.1) is 0 Å². The van der Waals surface area contributed by atoms with Crippen LogP contribution in [0.4, 0.5) is 10.5 Å². The number of amides is 3. The Labute approximate surface area is 208 Å². The van der Waals surface area contributed by atoms with Crippen molar-refractivity contribution >= 4 is 58.1 Å². The number of benzene rings is 2. The molecule has 9 nitrogen and oxygen atoms in total. The zero-order chi connectivity index (χ0) is 25.1. The van der Waals surface area contributed by atoms with E-state index >= 15 is 0 Å². The lowest BCUT2D eigenvalue weighted by Gasteiger charge is -2.14. The lowest BCUT2D eigenvalue weighted by atomic mass is 10.1. The Morgan fingerprint density at radius 3 is 2.69 bits per heavy atom. The minimum atomic E-state index is -1.11. The van der Waals surface area contributed by atoms with E-state index in [2.05, 4.69) is 5.32 Å². The van der Waals surface area contributed by atoms with Crippen molar-refractivity contribution in [1.82, 2.24) is 4.90 Å². The Balaban J connectivity index is 1.49. The number of ether oxygens (including phenoxy) is 1. The number of carboxylic acids is 1. The molecule has 1 saturated heterocycles. The van der Waals surface area contributed by atoms with Gasteiger partial charge in [-0.3, -0.25) is 19.3 Å². The molecule has 2 N–H and O–H groups in total. The average molecular weight is 513 g/mol. The lowest BCUT2D eigenvalue weighted by Crippen LogP contribution is -2.36. The summed E-state index contributed by atoms with van der Waals surface area (Å²) in [6, 6.07) is 14.1. The number of methoxy groups -OCH3 is 1. The number of furan rings is 1. The zero-order valence-corrected chi connectivity index (χ0v) is 19.7. The van der Waals surface area contributed by atoms with E-state index in [4.69, 9.17) is 20.8 Å². The van der Waals surface area contributed by atoms with Gasteiger partial charge in [0.2, 0.25) is 5.91 Å². The molecule has 1 fully saturated rings. The normalized spacial score (nSPS) is 14.5. The number of carboxylic acid groups (broad SMARTS) is 1. The summed E-state index contributed by atoms with van der Waals surface area (Å²) >= 11 is 6.86. The number of nitrogens with zero attached hydrogens (tertiary/aromatic N) is 1. The molecule has 0 radical (unpaired) electrons. The Morgan fingerprint density at radius 2 is 1.94 bits per heavy atom. The highest BCUT2D eigenvalue weighted by Crippen LogP contribution is 2.35. The Bertz CT molecular complexity index is 1380. The van der Waals surface area contributed by atoms with Gasteiger partial charge in [0, 0.05) is 11.6 Å². The van der Waals surface area contributed by atoms with Crippen molar-refractivity contribution in [1.29, 1.82) is 0 Å². The lowest BCUT2D eigenvalue weighted by molar-refractivity contribution is -0.127. The van der Waals surface area contributed by atoms with Crippen molar-refractivity contribution in [3.8, 4) is 17.1 Å². The second kappa shape index (κ2) is 10.1. The standard InChI is InChI=1S/C24H17ClN2O7S/c1-33-19-5-3-2-4-17(19)26-21(28)12-27-22(29)20(35-24(27)32)11-14-7-9-18(34-14)15-10-13(23(30)31)6-8-16(15)25/h2-11H,12H2,1H3,(H,26,28)(H,30,31)/b20-11-. The number of imide groups is 1. The molecule has 0 spiro atoms. The molecule has 3 aromatic rings. The number of aromatic carboxylic acids is 1. The number of hydrogen-bond donors (Lipinski definition) is 2. The molecule has 2 heterocycles. The minimum Gasteiger partial charge on any atom is -0.495 e. The Hall–Kier alpha value is -4.02. The van der Waals surface area contributed by atoms with Crippen molar-refractivity contribution in [2.75, 3.05) is 19.0 Å². The molecule has 0 bridgehead atoms. The van der Waals surface area contributed by atoms with Crippen LogP contribution in [-0.4, -0.2) is 46.7 Å². The fourth-order valence-corrected chi connectivity index (χ4v) is 4.30. The summed E-state index contributed by atoms with van der Waals surface area (Å²) in [4.78, 5) is 49.8. The van der Waals surface area contributed by atoms with E-state index in [1.165, 1.54) is 31.4 Å². The SMILES string of the molecule is COc1ccccc1NC(=O)CN1C(=O)S/C(=C\c2ccc(-c3cc(C(=O)O)ccc3Cl)o2)C1=O. The maximum Gasteiger partial charge on any atom is 0.335 e. The van der Waals surface area contributed by atoms with Crippen LogP contribution >= 0.6 is 23.4 Å².